The van der Waals surface area contributed by atoms with Crippen LogP contribution in [0.3, 0.4) is 0 Å². The number of benzene rings is 4. The van der Waals surface area contributed by atoms with Crippen molar-refractivity contribution in [1.82, 2.24) is 0 Å². The maximum atomic E-state index is 3.86. The molecule has 0 amide bonds. The molecule has 25 heavy (non-hydrogen) atoms. The minimum atomic E-state index is 1.13. The SMILES string of the molecule is Brc1c(-c2ccccc2)cccc1-c1ccccc1-c1ccccc1. The van der Waals surface area contributed by atoms with Crippen LogP contribution in [0.15, 0.2) is 108 Å². The van der Waals surface area contributed by atoms with Gasteiger partial charge in [-0.1, -0.05) is 103 Å². The van der Waals surface area contributed by atoms with Gasteiger partial charge in [0.15, 0.2) is 0 Å². The Morgan fingerprint density at radius 1 is 0.360 bits per heavy atom. The first kappa shape index (κ1) is 15.9. The Morgan fingerprint density at radius 3 is 1.44 bits per heavy atom. The van der Waals surface area contributed by atoms with Crippen LogP contribution in [-0.2, 0) is 0 Å². The van der Waals surface area contributed by atoms with Crippen LogP contribution in [-0.4, -0.2) is 0 Å². The summed E-state index contributed by atoms with van der Waals surface area (Å²) in [5, 5.41) is 0. The first-order chi connectivity index (χ1) is 12.3. The first-order valence-electron chi connectivity index (χ1n) is 8.33. The van der Waals surface area contributed by atoms with E-state index in [2.05, 4.69) is 113 Å². The van der Waals surface area contributed by atoms with Crippen LogP contribution in [0.2, 0.25) is 0 Å². The normalized spacial score (nSPS) is 10.6. The Hall–Kier alpha value is -2.64. The van der Waals surface area contributed by atoms with Crippen molar-refractivity contribution < 1.29 is 0 Å². The molecule has 0 spiro atoms. The summed E-state index contributed by atoms with van der Waals surface area (Å²) in [5.41, 5.74) is 7.35. The highest BCUT2D eigenvalue weighted by Gasteiger charge is 2.13. The average molecular weight is 385 g/mol. The molecule has 0 radical (unpaired) electrons. The molecule has 4 aromatic carbocycles. The van der Waals surface area contributed by atoms with Crippen molar-refractivity contribution in [3.05, 3.63) is 108 Å². The summed E-state index contributed by atoms with van der Waals surface area (Å²) in [4.78, 5) is 0. The molecule has 4 aromatic rings. The standard InChI is InChI=1S/C24H17Br/c25-24-21(19-12-5-2-6-13-19)16-9-17-23(24)22-15-8-7-14-20(22)18-10-3-1-4-11-18/h1-17H. The van der Waals surface area contributed by atoms with Gasteiger partial charge in [-0.15, -0.1) is 0 Å². The number of rotatable bonds is 3. The van der Waals surface area contributed by atoms with Crippen LogP contribution in [0.5, 0.6) is 0 Å². The van der Waals surface area contributed by atoms with Crippen LogP contribution >= 0.6 is 15.9 Å². The summed E-state index contributed by atoms with van der Waals surface area (Å²) in [5.74, 6) is 0. The van der Waals surface area contributed by atoms with Gasteiger partial charge in [-0.3, -0.25) is 0 Å². The third-order valence-corrected chi connectivity index (χ3v) is 5.24. The van der Waals surface area contributed by atoms with E-state index in [4.69, 9.17) is 0 Å². The van der Waals surface area contributed by atoms with Gasteiger partial charge >= 0.3 is 0 Å². The fourth-order valence-corrected chi connectivity index (χ4v) is 3.87. The summed E-state index contributed by atoms with van der Waals surface area (Å²) < 4.78 is 1.13. The van der Waals surface area contributed by atoms with Crippen molar-refractivity contribution in [1.29, 1.82) is 0 Å². The third-order valence-electron chi connectivity index (χ3n) is 4.39. The molecule has 0 N–H and O–H groups in total. The van der Waals surface area contributed by atoms with Crippen molar-refractivity contribution in [2.45, 2.75) is 0 Å². The van der Waals surface area contributed by atoms with Gasteiger partial charge in [0.2, 0.25) is 0 Å². The predicted molar refractivity (Wildman–Crippen MR) is 110 cm³/mol. The van der Waals surface area contributed by atoms with Crippen molar-refractivity contribution in [3.63, 3.8) is 0 Å². The highest BCUT2D eigenvalue weighted by Crippen LogP contribution is 2.40. The van der Waals surface area contributed by atoms with Crippen molar-refractivity contribution in [3.8, 4) is 33.4 Å². The molecule has 120 valence electrons. The largest absolute Gasteiger partial charge is 0.0622 e. The van der Waals surface area contributed by atoms with E-state index < -0.39 is 0 Å². The lowest BCUT2D eigenvalue weighted by atomic mass is 9.92. The van der Waals surface area contributed by atoms with Gasteiger partial charge in [-0.05, 0) is 49.3 Å². The van der Waals surface area contributed by atoms with E-state index in [0.29, 0.717) is 0 Å². The van der Waals surface area contributed by atoms with Crippen LogP contribution < -0.4 is 0 Å². The monoisotopic (exact) mass is 384 g/mol. The fraction of sp³-hybridized carbons (Fsp3) is 0. The molecule has 0 saturated heterocycles. The number of halogens is 1. The van der Waals surface area contributed by atoms with Crippen LogP contribution in [0.4, 0.5) is 0 Å². The molecule has 0 atom stereocenters. The van der Waals surface area contributed by atoms with Gasteiger partial charge in [-0.25, -0.2) is 0 Å². The Balaban J connectivity index is 1.90. The lowest BCUT2D eigenvalue weighted by Crippen LogP contribution is -1.88. The summed E-state index contributed by atoms with van der Waals surface area (Å²) in [6, 6.07) is 36.1. The molecule has 0 bridgehead atoms. The van der Waals surface area contributed by atoms with Crippen LogP contribution in [0.1, 0.15) is 0 Å². The van der Waals surface area contributed by atoms with Crippen molar-refractivity contribution >= 4 is 15.9 Å². The van der Waals surface area contributed by atoms with E-state index in [0.717, 1.165) is 4.47 Å². The zero-order valence-corrected chi connectivity index (χ0v) is 15.3. The summed E-state index contributed by atoms with van der Waals surface area (Å²) in [7, 11) is 0. The molecule has 0 unspecified atom stereocenters. The van der Waals surface area contributed by atoms with E-state index in [1.54, 1.807) is 0 Å². The van der Waals surface area contributed by atoms with Gasteiger partial charge in [-0.2, -0.15) is 0 Å². The molecule has 0 nitrogen and oxygen atoms in total. The van der Waals surface area contributed by atoms with Gasteiger partial charge in [0.1, 0.15) is 0 Å². The highest BCUT2D eigenvalue weighted by molar-refractivity contribution is 9.10. The van der Waals surface area contributed by atoms with Crippen molar-refractivity contribution in [2.75, 3.05) is 0 Å². The quantitative estimate of drug-likeness (QED) is 0.344. The molecular weight excluding hydrogens is 368 g/mol. The second-order valence-corrected chi connectivity index (χ2v) is 6.74. The summed E-state index contributed by atoms with van der Waals surface area (Å²) in [6.45, 7) is 0. The van der Waals surface area contributed by atoms with Gasteiger partial charge in [0.05, 0.1) is 0 Å². The maximum Gasteiger partial charge on any atom is 0.0332 e. The van der Waals surface area contributed by atoms with Gasteiger partial charge in [0.25, 0.3) is 0 Å². The average Bonchev–Trinajstić information content (AvgIpc) is 2.70. The Kier molecular flexibility index (Phi) is 4.49. The van der Waals surface area contributed by atoms with E-state index >= 15 is 0 Å². The lowest BCUT2D eigenvalue weighted by molar-refractivity contribution is 1.54. The number of hydrogen-bond donors (Lipinski definition) is 0. The van der Waals surface area contributed by atoms with E-state index in [1.807, 2.05) is 6.07 Å². The molecule has 1 heteroatoms. The highest BCUT2D eigenvalue weighted by atomic mass is 79.9. The minimum Gasteiger partial charge on any atom is -0.0622 e. The smallest absolute Gasteiger partial charge is 0.0332 e. The minimum absolute atomic E-state index is 1.13. The zero-order valence-electron chi connectivity index (χ0n) is 13.7. The molecule has 4 rings (SSSR count). The Labute approximate surface area is 156 Å². The van der Waals surface area contributed by atoms with Gasteiger partial charge in [0, 0.05) is 4.47 Å². The fourth-order valence-electron chi connectivity index (χ4n) is 3.17. The first-order valence-corrected chi connectivity index (χ1v) is 9.12. The van der Waals surface area contributed by atoms with E-state index in [9.17, 15) is 0 Å². The number of hydrogen-bond acceptors (Lipinski definition) is 0. The molecule has 0 heterocycles. The van der Waals surface area contributed by atoms with Crippen LogP contribution in [0, 0.1) is 0 Å². The molecule has 0 saturated carbocycles. The van der Waals surface area contributed by atoms with Crippen molar-refractivity contribution in [2.24, 2.45) is 0 Å². The molecule has 0 aliphatic rings. The second-order valence-electron chi connectivity index (χ2n) is 5.94. The molecular formula is C24H17Br. The second kappa shape index (κ2) is 7.08. The maximum absolute atomic E-state index is 3.86. The van der Waals surface area contributed by atoms with E-state index in [1.165, 1.54) is 33.4 Å². The van der Waals surface area contributed by atoms with E-state index in [-0.39, 0.29) is 0 Å². The molecule has 0 aromatic heterocycles. The molecule has 0 aliphatic heterocycles. The Morgan fingerprint density at radius 2 is 0.800 bits per heavy atom. The molecule has 0 fully saturated rings. The van der Waals surface area contributed by atoms with Gasteiger partial charge < -0.3 is 0 Å². The summed E-state index contributed by atoms with van der Waals surface area (Å²) >= 11 is 3.86. The predicted octanol–water partition coefficient (Wildman–Crippen LogP) is 7.45. The zero-order chi connectivity index (χ0) is 17.1. The topological polar surface area (TPSA) is 0 Å². The lowest BCUT2D eigenvalue weighted by Gasteiger charge is -2.14. The van der Waals surface area contributed by atoms with Crippen LogP contribution in [0.25, 0.3) is 33.4 Å². The molecule has 0 aliphatic carbocycles. The third kappa shape index (κ3) is 3.16. The summed E-state index contributed by atoms with van der Waals surface area (Å²) in [6.07, 6.45) is 0. The Bertz CT molecular complexity index is 989.